The molecule has 6 heteroatoms. The first-order valence-corrected chi connectivity index (χ1v) is 8.29. The van der Waals surface area contributed by atoms with Crippen LogP contribution in [-0.4, -0.2) is 42.8 Å². The Kier molecular flexibility index (Phi) is 4.95. The molecule has 3 rings (SSSR count). The molecule has 0 aliphatic rings. The van der Waals surface area contributed by atoms with Gasteiger partial charge in [-0.3, -0.25) is 9.78 Å². The van der Waals surface area contributed by atoms with E-state index in [1.165, 1.54) is 0 Å². The Morgan fingerprint density at radius 2 is 1.77 bits per heavy atom. The fraction of sp³-hybridized carbons (Fsp3) is 0.300. The highest BCUT2D eigenvalue weighted by molar-refractivity contribution is 5.98. The van der Waals surface area contributed by atoms with Gasteiger partial charge in [0.15, 0.2) is 0 Å². The highest BCUT2D eigenvalue weighted by atomic mass is 16.5. The summed E-state index contributed by atoms with van der Waals surface area (Å²) >= 11 is 0. The molecule has 136 valence electrons. The van der Waals surface area contributed by atoms with Crippen molar-refractivity contribution in [3.8, 4) is 22.6 Å². The number of pyridine rings is 2. The zero-order valence-electron chi connectivity index (χ0n) is 15.7. The third kappa shape index (κ3) is 3.15. The van der Waals surface area contributed by atoms with Crippen LogP contribution in [-0.2, 0) is 13.6 Å². The molecule has 2 heterocycles. The Morgan fingerprint density at radius 1 is 1.12 bits per heavy atom. The molecule has 0 bridgehead atoms. The minimum atomic E-state index is -0.0842. The number of ether oxygens (including phenoxy) is 2. The first-order valence-electron chi connectivity index (χ1n) is 8.29. The van der Waals surface area contributed by atoms with Crippen LogP contribution in [0.25, 0.3) is 21.9 Å². The van der Waals surface area contributed by atoms with Crippen molar-refractivity contribution in [1.82, 2.24) is 14.5 Å². The van der Waals surface area contributed by atoms with Crippen LogP contribution in [0.5, 0.6) is 11.5 Å². The molecule has 0 spiro atoms. The summed E-state index contributed by atoms with van der Waals surface area (Å²) in [4.78, 5) is 18.6. The van der Waals surface area contributed by atoms with E-state index in [4.69, 9.17) is 9.47 Å². The van der Waals surface area contributed by atoms with E-state index < -0.39 is 0 Å². The van der Waals surface area contributed by atoms with Crippen LogP contribution in [0.2, 0.25) is 0 Å². The van der Waals surface area contributed by atoms with E-state index in [2.05, 4.69) is 9.88 Å². The van der Waals surface area contributed by atoms with Crippen molar-refractivity contribution in [3.05, 3.63) is 52.7 Å². The lowest BCUT2D eigenvalue weighted by Gasteiger charge is -2.19. The van der Waals surface area contributed by atoms with E-state index in [-0.39, 0.29) is 5.56 Å². The van der Waals surface area contributed by atoms with Crippen LogP contribution < -0.4 is 15.0 Å². The van der Waals surface area contributed by atoms with Crippen LogP contribution in [0.4, 0.5) is 0 Å². The number of nitrogens with zero attached hydrogens (tertiary/aromatic N) is 3. The first kappa shape index (κ1) is 17.9. The molecule has 0 unspecified atom stereocenters. The number of aromatic nitrogens is 2. The maximum atomic E-state index is 12.5. The van der Waals surface area contributed by atoms with E-state index in [1.54, 1.807) is 38.2 Å². The molecule has 2 aromatic heterocycles. The van der Waals surface area contributed by atoms with Crippen molar-refractivity contribution in [2.45, 2.75) is 6.54 Å². The Balaban J connectivity index is 2.35. The number of benzene rings is 1. The molecule has 3 aromatic rings. The molecule has 0 fully saturated rings. The summed E-state index contributed by atoms with van der Waals surface area (Å²) in [5.41, 5.74) is 2.70. The van der Waals surface area contributed by atoms with Crippen LogP contribution in [0.3, 0.4) is 0 Å². The van der Waals surface area contributed by atoms with Gasteiger partial charge in [-0.25, -0.2) is 0 Å². The summed E-state index contributed by atoms with van der Waals surface area (Å²) in [6, 6.07) is 5.87. The SMILES string of the molecule is COc1cc(CN(C)C)cc(OC)c1-c1cn(C)c(=O)c2cnccc12. The molecular formula is C20H23N3O3. The molecule has 0 N–H and O–H groups in total. The van der Waals surface area contributed by atoms with Gasteiger partial charge in [0.05, 0.1) is 25.2 Å². The van der Waals surface area contributed by atoms with Gasteiger partial charge < -0.3 is 18.9 Å². The summed E-state index contributed by atoms with van der Waals surface area (Å²) in [6.07, 6.45) is 5.10. The Bertz CT molecular complexity index is 984. The van der Waals surface area contributed by atoms with Crippen molar-refractivity contribution in [2.24, 2.45) is 7.05 Å². The van der Waals surface area contributed by atoms with Gasteiger partial charge in [0.1, 0.15) is 11.5 Å². The van der Waals surface area contributed by atoms with Gasteiger partial charge in [-0.2, -0.15) is 0 Å². The predicted molar refractivity (Wildman–Crippen MR) is 103 cm³/mol. The van der Waals surface area contributed by atoms with Gasteiger partial charge in [-0.15, -0.1) is 0 Å². The largest absolute Gasteiger partial charge is 0.496 e. The minimum absolute atomic E-state index is 0.0842. The molecule has 0 aliphatic carbocycles. The monoisotopic (exact) mass is 353 g/mol. The van der Waals surface area contributed by atoms with Gasteiger partial charge in [-0.1, -0.05) is 0 Å². The Labute approximate surface area is 152 Å². The second kappa shape index (κ2) is 7.17. The summed E-state index contributed by atoms with van der Waals surface area (Å²) in [5.74, 6) is 1.41. The van der Waals surface area contributed by atoms with E-state index in [0.717, 1.165) is 28.6 Å². The number of rotatable bonds is 5. The summed E-state index contributed by atoms with van der Waals surface area (Å²) in [7, 11) is 9.05. The van der Waals surface area contributed by atoms with Crippen LogP contribution in [0.15, 0.2) is 41.6 Å². The molecule has 1 aromatic carbocycles. The van der Waals surface area contributed by atoms with Gasteiger partial charge in [0.2, 0.25) is 0 Å². The smallest absolute Gasteiger partial charge is 0.259 e. The molecule has 0 aliphatic heterocycles. The summed E-state index contributed by atoms with van der Waals surface area (Å²) in [6.45, 7) is 0.769. The molecule has 0 atom stereocenters. The first-order chi connectivity index (χ1) is 12.5. The van der Waals surface area contributed by atoms with Gasteiger partial charge >= 0.3 is 0 Å². The molecule has 0 saturated heterocycles. The predicted octanol–water partition coefficient (Wildman–Crippen LogP) is 2.68. The third-order valence-corrected chi connectivity index (χ3v) is 4.32. The van der Waals surface area contributed by atoms with Crippen molar-refractivity contribution >= 4 is 10.8 Å². The van der Waals surface area contributed by atoms with E-state index in [0.29, 0.717) is 16.9 Å². The normalized spacial score (nSPS) is 11.2. The number of aryl methyl sites for hydroxylation is 1. The van der Waals surface area contributed by atoms with E-state index >= 15 is 0 Å². The van der Waals surface area contributed by atoms with Crippen LogP contribution >= 0.6 is 0 Å². The van der Waals surface area contributed by atoms with Gasteiger partial charge in [0, 0.05) is 37.7 Å². The number of fused-ring (bicyclic) bond motifs is 1. The van der Waals surface area contributed by atoms with Crippen molar-refractivity contribution < 1.29 is 9.47 Å². The summed E-state index contributed by atoms with van der Waals surface area (Å²) < 4.78 is 12.9. The Morgan fingerprint density at radius 3 is 2.35 bits per heavy atom. The van der Waals surface area contributed by atoms with E-state index in [9.17, 15) is 4.79 Å². The molecule has 0 amide bonds. The number of methoxy groups -OCH3 is 2. The van der Waals surface area contributed by atoms with Gasteiger partial charge in [0.25, 0.3) is 5.56 Å². The molecule has 26 heavy (non-hydrogen) atoms. The number of hydrogen-bond donors (Lipinski definition) is 0. The molecule has 6 nitrogen and oxygen atoms in total. The number of hydrogen-bond acceptors (Lipinski definition) is 5. The lowest BCUT2D eigenvalue weighted by molar-refractivity contribution is 0.383. The zero-order valence-corrected chi connectivity index (χ0v) is 15.7. The fourth-order valence-corrected chi connectivity index (χ4v) is 3.20. The maximum absolute atomic E-state index is 12.5. The maximum Gasteiger partial charge on any atom is 0.259 e. The van der Waals surface area contributed by atoms with Gasteiger partial charge in [-0.05, 0) is 43.2 Å². The van der Waals surface area contributed by atoms with Crippen LogP contribution in [0.1, 0.15) is 5.56 Å². The van der Waals surface area contributed by atoms with Crippen molar-refractivity contribution in [2.75, 3.05) is 28.3 Å². The molecule has 0 saturated carbocycles. The standard InChI is InChI=1S/C20H23N3O3/c1-22(2)11-13-8-17(25-4)19(18(9-13)26-5)16-12-23(3)20(24)15-10-21-7-6-14(15)16/h6-10,12H,11H2,1-5H3. The van der Waals surface area contributed by atoms with Crippen molar-refractivity contribution in [3.63, 3.8) is 0 Å². The second-order valence-electron chi connectivity index (χ2n) is 6.49. The topological polar surface area (TPSA) is 56.6 Å². The zero-order chi connectivity index (χ0) is 18.8. The van der Waals surface area contributed by atoms with Crippen LogP contribution in [0, 0.1) is 0 Å². The second-order valence-corrected chi connectivity index (χ2v) is 6.49. The highest BCUT2D eigenvalue weighted by Gasteiger charge is 2.19. The average Bonchev–Trinajstić information content (AvgIpc) is 2.63. The fourth-order valence-electron chi connectivity index (χ4n) is 3.20. The molecular weight excluding hydrogens is 330 g/mol. The van der Waals surface area contributed by atoms with E-state index in [1.807, 2.05) is 38.5 Å². The summed E-state index contributed by atoms with van der Waals surface area (Å²) in [5, 5.41) is 1.38. The highest BCUT2D eigenvalue weighted by Crippen LogP contribution is 2.42. The average molecular weight is 353 g/mol. The van der Waals surface area contributed by atoms with Crippen molar-refractivity contribution in [1.29, 1.82) is 0 Å². The molecule has 0 radical (unpaired) electrons. The lowest BCUT2D eigenvalue weighted by Crippen LogP contribution is -2.17. The Hall–Kier alpha value is -2.86. The minimum Gasteiger partial charge on any atom is -0.496 e. The quantitative estimate of drug-likeness (QED) is 0.706. The lowest BCUT2D eigenvalue weighted by atomic mass is 9.98. The third-order valence-electron chi connectivity index (χ3n) is 4.32.